The van der Waals surface area contributed by atoms with E-state index >= 15 is 0 Å². The topological polar surface area (TPSA) is 104 Å². The van der Waals surface area contributed by atoms with E-state index in [0.717, 1.165) is 11.3 Å². The Kier molecular flexibility index (Phi) is 6.40. The van der Waals surface area contributed by atoms with E-state index in [1.807, 2.05) is 13.8 Å². The maximum Gasteiger partial charge on any atom is 0.270 e. The number of amides is 3. The zero-order chi connectivity index (χ0) is 19.3. The smallest absolute Gasteiger partial charge is 0.270 e. The predicted molar refractivity (Wildman–Crippen MR) is 99.1 cm³/mol. The van der Waals surface area contributed by atoms with Gasteiger partial charge in [0.05, 0.1) is 0 Å². The summed E-state index contributed by atoms with van der Waals surface area (Å²) in [5.74, 6) is -1.08. The van der Waals surface area contributed by atoms with Crippen LogP contribution in [0.2, 0.25) is 0 Å². The fourth-order valence-corrected chi connectivity index (χ4v) is 3.19. The van der Waals surface area contributed by atoms with Crippen LogP contribution in [-0.4, -0.2) is 52.7 Å². The van der Waals surface area contributed by atoms with Crippen LogP contribution in [0.3, 0.4) is 0 Å². The molecule has 2 aromatic heterocycles. The lowest BCUT2D eigenvalue weighted by molar-refractivity contribution is -0.121. The Morgan fingerprint density at radius 1 is 1.19 bits per heavy atom. The summed E-state index contributed by atoms with van der Waals surface area (Å²) in [7, 11) is 3.10. The third-order valence-electron chi connectivity index (χ3n) is 3.76. The first-order valence-electron chi connectivity index (χ1n) is 8.00. The number of aromatic nitrogens is 2. The van der Waals surface area contributed by atoms with Gasteiger partial charge in [0.2, 0.25) is 5.91 Å². The van der Waals surface area contributed by atoms with E-state index in [0.29, 0.717) is 10.7 Å². The summed E-state index contributed by atoms with van der Waals surface area (Å²) in [6.07, 6.45) is 3.06. The quantitative estimate of drug-likeness (QED) is 0.799. The van der Waals surface area contributed by atoms with Crippen LogP contribution in [0.1, 0.15) is 34.7 Å². The highest BCUT2D eigenvalue weighted by molar-refractivity contribution is 7.14. The maximum atomic E-state index is 12.7. The molecule has 0 aliphatic heterocycles. The number of nitrogens with one attached hydrogen (secondary N) is 2. The molecule has 2 aromatic rings. The Hall–Kier alpha value is -2.81. The third-order valence-corrected chi connectivity index (χ3v) is 4.52. The standard InChI is InChI=1S/C17H21N5O3S/c1-10(2)13(22(4)16(25)11-5-7-19-8-6-11)15(24)21-17-20-12(9-26-17)14(23)18-3/h5-10,13H,1-4H3,(H,18,23)(H,20,21,24)/t13-/m0/s1. The van der Waals surface area contributed by atoms with Crippen molar-refractivity contribution >= 4 is 34.2 Å². The second-order valence-electron chi connectivity index (χ2n) is 5.95. The Bertz CT molecular complexity index is 791. The Morgan fingerprint density at radius 3 is 2.42 bits per heavy atom. The first kappa shape index (κ1) is 19.5. The van der Waals surface area contributed by atoms with E-state index in [1.54, 1.807) is 24.6 Å². The van der Waals surface area contributed by atoms with Crippen molar-refractivity contribution in [1.82, 2.24) is 20.2 Å². The number of carbonyl (C=O) groups excluding carboxylic acids is 3. The second kappa shape index (κ2) is 8.52. The third kappa shape index (κ3) is 4.42. The molecule has 2 heterocycles. The van der Waals surface area contributed by atoms with E-state index in [2.05, 4.69) is 20.6 Å². The van der Waals surface area contributed by atoms with Gasteiger partial charge in [-0.1, -0.05) is 13.8 Å². The first-order chi connectivity index (χ1) is 12.3. The minimum atomic E-state index is -0.692. The van der Waals surface area contributed by atoms with Crippen LogP contribution in [-0.2, 0) is 4.79 Å². The molecule has 0 radical (unpaired) electrons. The van der Waals surface area contributed by atoms with Gasteiger partial charge in [0.1, 0.15) is 11.7 Å². The molecule has 26 heavy (non-hydrogen) atoms. The lowest BCUT2D eigenvalue weighted by Crippen LogP contribution is -2.48. The summed E-state index contributed by atoms with van der Waals surface area (Å²) >= 11 is 1.15. The van der Waals surface area contributed by atoms with E-state index in [1.165, 1.54) is 24.3 Å². The maximum absolute atomic E-state index is 12.7. The lowest BCUT2D eigenvalue weighted by atomic mass is 10.0. The molecule has 138 valence electrons. The Balaban J connectivity index is 2.15. The van der Waals surface area contributed by atoms with E-state index in [9.17, 15) is 14.4 Å². The molecule has 0 spiro atoms. The molecule has 0 unspecified atom stereocenters. The zero-order valence-corrected chi connectivity index (χ0v) is 15.8. The zero-order valence-electron chi connectivity index (χ0n) is 15.0. The van der Waals surface area contributed by atoms with Gasteiger partial charge >= 0.3 is 0 Å². The summed E-state index contributed by atoms with van der Waals surface area (Å²) in [6, 6.07) is 2.51. The van der Waals surface area contributed by atoms with Crippen molar-refractivity contribution in [2.45, 2.75) is 19.9 Å². The number of thiazole rings is 1. The summed E-state index contributed by atoms with van der Waals surface area (Å²) < 4.78 is 0. The second-order valence-corrected chi connectivity index (χ2v) is 6.81. The van der Waals surface area contributed by atoms with E-state index in [4.69, 9.17) is 0 Å². The molecule has 1 atom stereocenters. The van der Waals surface area contributed by atoms with Crippen LogP contribution >= 0.6 is 11.3 Å². The minimum absolute atomic E-state index is 0.121. The number of anilines is 1. The van der Waals surface area contributed by atoms with Gasteiger partial charge in [0, 0.05) is 37.4 Å². The van der Waals surface area contributed by atoms with Crippen LogP contribution in [0.5, 0.6) is 0 Å². The average molecular weight is 375 g/mol. The number of rotatable bonds is 6. The SMILES string of the molecule is CNC(=O)c1csc(NC(=O)[C@H](C(C)C)N(C)C(=O)c2ccncc2)n1. The number of pyridine rings is 1. The molecule has 3 amide bonds. The van der Waals surface area contributed by atoms with Crippen molar-refractivity contribution in [2.24, 2.45) is 5.92 Å². The molecule has 0 saturated heterocycles. The van der Waals surface area contributed by atoms with Crippen molar-refractivity contribution < 1.29 is 14.4 Å². The van der Waals surface area contributed by atoms with Gasteiger partial charge in [0.25, 0.3) is 11.8 Å². The molecule has 8 nitrogen and oxygen atoms in total. The van der Waals surface area contributed by atoms with Gasteiger partial charge in [-0.25, -0.2) is 4.98 Å². The molecule has 0 bridgehead atoms. The highest BCUT2D eigenvalue weighted by Crippen LogP contribution is 2.19. The van der Waals surface area contributed by atoms with E-state index < -0.39 is 6.04 Å². The van der Waals surface area contributed by atoms with E-state index in [-0.39, 0.29) is 29.3 Å². The van der Waals surface area contributed by atoms with Crippen LogP contribution < -0.4 is 10.6 Å². The number of hydrogen-bond acceptors (Lipinski definition) is 6. The van der Waals surface area contributed by atoms with Crippen LogP contribution in [0.15, 0.2) is 29.9 Å². The van der Waals surface area contributed by atoms with Crippen molar-refractivity contribution in [3.8, 4) is 0 Å². The fraction of sp³-hybridized carbons (Fsp3) is 0.353. The van der Waals surface area contributed by atoms with Crippen LogP contribution in [0, 0.1) is 5.92 Å². The molecular formula is C17H21N5O3S. The van der Waals surface area contributed by atoms with Gasteiger partial charge in [-0.3, -0.25) is 19.4 Å². The first-order valence-corrected chi connectivity index (χ1v) is 8.88. The highest BCUT2D eigenvalue weighted by Gasteiger charge is 2.31. The molecule has 0 aliphatic rings. The van der Waals surface area contributed by atoms with Crippen molar-refractivity contribution in [2.75, 3.05) is 19.4 Å². The van der Waals surface area contributed by atoms with Gasteiger partial charge in [-0.05, 0) is 18.1 Å². The lowest BCUT2D eigenvalue weighted by Gasteiger charge is -2.29. The van der Waals surface area contributed by atoms with Gasteiger partial charge in [0.15, 0.2) is 5.13 Å². The molecule has 0 aromatic carbocycles. The van der Waals surface area contributed by atoms with Gasteiger partial charge < -0.3 is 15.5 Å². The highest BCUT2D eigenvalue weighted by atomic mass is 32.1. The summed E-state index contributed by atoms with van der Waals surface area (Å²) in [4.78, 5) is 46.3. The summed E-state index contributed by atoms with van der Waals surface area (Å²) in [5.41, 5.74) is 0.687. The Morgan fingerprint density at radius 2 is 1.85 bits per heavy atom. The molecular weight excluding hydrogens is 354 g/mol. The number of hydrogen-bond donors (Lipinski definition) is 2. The molecule has 2 rings (SSSR count). The van der Waals surface area contributed by atoms with Gasteiger partial charge in [-0.2, -0.15) is 0 Å². The fourth-order valence-electron chi connectivity index (χ4n) is 2.49. The summed E-state index contributed by atoms with van der Waals surface area (Å²) in [6.45, 7) is 3.72. The number of likely N-dealkylation sites (N-methyl/N-ethyl adjacent to an activating group) is 1. The average Bonchev–Trinajstić information content (AvgIpc) is 3.09. The van der Waals surface area contributed by atoms with Crippen molar-refractivity contribution in [3.63, 3.8) is 0 Å². The molecule has 0 fully saturated rings. The molecule has 2 N–H and O–H groups in total. The number of carbonyl (C=O) groups is 3. The van der Waals surface area contributed by atoms with Crippen LogP contribution in [0.25, 0.3) is 0 Å². The summed E-state index contributed by atoms with van der Waals surface area (Å²) in [5, 5.41) is 7.04. The largest absolute Gasteiger partial charge is 0.354 e. The van der Waals surface area contributed by atoms with Gasteiger partial charge in [-0.15, -0.1) is 11.3 Å². The predicted octanol–water partition coefficient (Wildman–Crippen LogP) is 1.63. The minimum Gasteiger partial charge on any atom is -0.354 e. The van der Waals surface area contributed by atoms with Crippen LogP contribution in [0.4, 0.5) is 5.13 Å². The Labute approximate surface area is 155 Å². The normalized spacial score (nSPS) is 11.7. The number of nitrogens with zero attached hydrogens (tertiary/aromatic N) is 3. The molecule has 0 saturated carbocycles. The van der Waals surface area contributed by atoms with Crippen molar-refractivity contribution in [3.05, 3.63) is 41.2 Å². The van der Waals surface area contributed by atoms with Crippen molar-refractivity contribution in [1.29, 1.82) is 0 Å². The molecule has 0 aliphatic carbocycles. The monoisotopic (exact) mass is 375 g/mol. The molecule has 9 heteroatoms.